The van der Waals surface area contributed by atoms with Crippen LogP contribution < -0.4 is 0 Å². The van der Waals surface area contributed by atoms with E-state index in [0.717, 1.165) is 30.6 Å². The van der Waals surface area contributed by atoms with Crippen LogP contribution in [0.25, 0.3) is 0 Å². The van der Waals surface area contributed by atoms with Crippen molar-refractivity contribution in [2.24, 2.45) is 23.2 Å². The minimum atomic E-state index is -0.396. The Hall–Kier alpha value is -0.570. The molecule has 5 aliphatic carbocycles. The van der Waals surface area contributed by atoms with Crippen molar-refractivity contribution in [3.8, 4) is 0 Å². The summed E-state index contributed by atoms with van der Waals surface area (Å²) in [6.45, 7) is 2.52. The van der Waals surface area contributed by atoms with Gasteiger partial charge >= 0.3 is 5.97 Å². The molecule has 5 aliphatic rings. The Balaban J connectivity index is 1.27. The van der Waals surface area contributed by atoms with E-state index < -0.39 is 6.10 Å². The monoisotopic (exact) mass is 320 g/mol. The number of rotatable bonds is 5. The van der Waals surface area contributed by atoms with Gasteiger partial charge in [0, 0.05) is 5.41 Å². The van der Waals surface area contributed by atoms with Crippen molar-refractivity contribution in [3.63, 3.8) is 0 Å². The zero-order valence-electron chi connectivity index (χ0n) is 14.6. The SMILES string of the molecule is CC(OC1CCCCC1)C(=O)OCC12CC3CC(CC(C3)C1)C2. The lowest BCUT2D eigenvalue weighted by Gasteiger charge is -2.56. The molecular formula is C20H32O3. The standard InChI is InChI=1S/C20H32O3/c1-14(23-18-5-3-2-4-6-18)19(21)22-13-20-10-15-7-16(11-20)9-17(8-15)12-20/h14-18H,2-13H2,1H3. The molecule has 0 radical (unpaired) electrons. The summed E-state index contributed by atoms with van der Waals surface area (Å²) in [4.78, 5) is 12.4. The van der Waals surface area contributed by atoms with Crippen molar-refractivity contribution in [3.05, 3.63) is 0 Å². The highest BCUT2D eigenvalue weighted by Crippen LogP contribution is 2.60. The predicted molar refractivity (Wildman–Crippen MR) is 89.0 cm³/mol. The molecule has 3 nitrogen and oxygen atoms in total. The second-order valence-corrected chi connectivity index (χ2v) is 9.06. The van der Waals surface area contributed by atoms with E-state index in [1.54, 1.807) is 0 Å². The van der Waals surface area contributed by atoms with E-state index in [2.05, 4.69) is 0 Å². The van der Waals surface area contributed by atoms with E-state index in [4.69, 9.17) is 9.47 Å². The third-order valence-corrected chi connectivity index (χ3v) is 6.97. The molecule has 0 aliphatic heterocycles. The summed E-state index contributed by atoms with van der Waals surface area (Å²) in [7, 11) is 0. The quantitative estimate of drug-likeness (QED) is 0.700. The average Bonchev–Trinajstić information content (AvgIpc) is 2.52. The third-order valence-electron chi connectivity index (χ3n) is 6.97. The predicted octanol–water partition coefficient (Wildman–Crippen LogP) is 4.48. The highest BCUT2D eigenvalue weighted by molar-refractivity contribution is 5.74. The van der Waals surface area contributed by atoms with Crippen LogP contribution in [0.1, 0.15) is 77.6 Å². The first-order valence-electron chi connectivity index (χ1n) is 9.94. The maximum absolute atomic E-state index is 12.4. The fourth-order valence-corrected chi connectivity index (χ4v) is 6.35. The van der Waals surface area contributed by atoms with E-state index in [0.29, 0.717) is 12.0 Å². The van der Waals surface area contributed by atoms with Crippen LogP contribution in [0.3, 0.4) is 0 Å². The molecule has 0 spiro atoms. The van der Waals surface area contributed by atoms with Crippen LogP contribution in [-0.4, -0.2) is 24.8 Å². The van der Waals surface area contributed by atoms with Gasteiger partial charge in [-0.15, -0.1) is 0 Å². The zero-order valence-corrected chi connectivity index (χ0v) is 14.6. The van der Waals surface area contributed by atoms with Crippen LogP contribution in [0.15, 0.2) is 0 Å². The first-order valence-corrected chi connectivity index (χ1v) is 9.94. The average molecular weight is 320 g/mol. The summed E-state index contributed by atoms with van der Waals surface area (Å²) in [6.07, 6.45) is 14.1. The van der Waals surface area contributed by atoms with Gasteiger partial charge < -0.3 is 9.47 Å². The highest BCUT2D eigenvalue weighted by atomic mass is 16.6. The van der Waals surface area contributed by atoms with E-state index >= 15 is 0 Å². The zero-order chi connectivity index (χ0) is 15.9. The summed E-state index contributed by atoms with van der Waals surface area (Å²) in [5.41, 5.74) is 0.314. The van der Waals surface area contributed by atoms with Crippen LogP contribution >= 0.6 is 0 Å². The molecule has 0 aromatic carbocycles. The lowest BCUT2D eigenvalue weighted by molar-refractivity contribution is -0.170. The van der Waals surface area contributed by atoms with E-state index in [1.807, 2.05) is 6.92 Å². The Morgan fingerprint density at radius 3 is 2.13 bits per heavy atom. The highest BCUT2D eigenvalue weighted by Gasteiger charge is 2.51. The molecule has 0 N–H and O–H groups in total. The molecule has 0 amide bonds. The molecule has 3 heteroatoms. The second-order valence-electron chi connectivity index (χ2n) is 9.06. The molecule has 4 bridgehead atoms. The molecule has 130 valence electrons. The van der Waals surface area contributed by atoms with Crippen molar-refractivity contribution in [1.29, 1.82) is 0 Å². The number of ether oxygens (including phenoxy) is 2. The molecule has 5 fully saturated rings. The summed E-state index contributed by atoms with van der Waals surface area (Å²) < 4.78 is 11.7. The number of hydrogen-bond donors (Lipinski definition) is 0. The molecule has 0 aromatic heterocycles. The van der Waals surface area contributed by atoms with Gasteiger partial charge in [-0.3, -0.25) is 0 Å². The minimum absolute atomic E-state index is 0.133. The molecule has 5 rings (SSSR count). The first kappa shape index (κ1) is 15.9. The van der Waals surface area contributed by atoms with Crippen LogP contribution in [0.4, 0.5) is 0 Å². The normalized spacial score (nSPS) is 41.0. The van der Waals surface area contributed by atoms with E-state index in [9.17, 15) is 4.79 Å². The Bertz CT molecular complexity index is 403. The van der Waals surface area contributed by atoms with Gasteiger partial charge in [-0.2, -0.15) is 0 Å². The van der Waals surface area contributed by atoms with Gasteiger partial charge in [0.15, 0.2) is 6.10 Å². The van der Waals surface area contributed by atoms with Crippen LogP contribution in [0, 0.1) is 23.2 Å². The number of hydrogen-bond acceptors (Lipinski definition) is 3. The minimum Gasteiger partial charge on any atom is -0.463 e. The Kier molecular flexibility index (Phi) is 4.42. The van der Waals surface area contributed by atoms with Crippen LogP contribution in [0.5, 0.6) is 0 Å². The van der Waals surface area contributed by atoms with Gasteiger partial charge in [-0.25, -0.2) is 4.79 Å². The first-order chi connectivity index (χ1) is 11.1. The maximum atomic E-state index is 12.4. The van der Waals surface area contributed by atoms with E-state index in [1.165, 1.54) is 57.8 Å². The van der Waals surface area contributed by atoms with E-state index in [-0.39, 0.29) is 12.1 Å². The molecule has 0 aromatic rings. The van der Waals surface area contributed by atoms with Gasteiger partial charge in [0.1, 0.15) is 0 Å². The third kappa shape index (κ3) is 3.45. The van der Waals surface area contributed by atoms with Gasteiger partial charge in [-0.05, 0) is 76.0 Å². The van der Waals surface area contributed by atoms with Gasteiger partial charge in [0.25, 0.3) is 0 Å². The summed E-state index contributed by atoms with van der Waals surface area (Å²) in [5, 5.41) is 0. The van der Waals surface area contributed by atoms with Gasteiger partial charge in [0.2, 0.25) is 0 Å². The van der Waals surface area contributed by atoms with Crippen molar-refractivity contribution in [2.75, 3.05) is 6.61 Å². The molecule has 0 heterocycles. The number of carbonyl (C=O) groups is 1. The van der Waals surface area contributed by atoms with Crippen LogP contribution in [0.2, 0.25) is 0 Å². The fraction of sp³-hybridized carbons (Fsp3) is 0.950. The Morgan fingerprint density at radius 1 is 1.00 bits per heavy atom. The van der Waals surface area contributed by atoms with Gasteiger partial charge in [0.05, 0.1) is 12.7 Å². The van der Waals surface area contributed by atoms with Crippen LogP contribution in [-0.2, 0) is 14.3 Å². The fourth-order valence-electron chi connectivity index (χ4n) is 6.35. The topological polar surface area (TPSA) is 35.5 Å². The molecule has 23 heavy (non-hydrogen) atoms. The largest absolute Gasteiger partial charge is 0.463 e. The maximum Gasteiger partial charge on any atom is 0.334 e. The summed E-state index contributed by atoms with van der Waals surface area (Å²) in [5.74, 6) is 2.61. The Labute approximate surface area is 140 Å². The molecule has 5 saturated carbocycles. The van der Waals surface area contributed by atoms with Crippen molar-refractivity contribution >= 4 is 5.97 Å². The van der Waals surface area contributed by atoms with Crippen molar-refractivity contribution in [1.82, 2.24) is 0 Å². The van der Waals surface area contributed by atoms with Crippen molar-refractivity contribution in [2.45, 2.75) is 89.8 Å². The number of carbonyl (C=O) groups excluding carboxylic acids is 1. The molecule has 0 saturated heterocycles. The lowest BCUT2D eigenvalue weighted by Crippen LogP contribution is -2.48. The Morgan fingerprint density at radius 2 is 1.57 bits per heavy atom. The van der Waals surface area contributed by atoms with Gasteiger partial charge in [-0.1, -0.05) is 19.3 Å². The smallest absolute Gasteiger partial charge is 0.334 e. The molecule has 1 unspecified atom stereocenters. The molecular weight excluding hydrogens is 288 g/mol. The lowest BCUT2D eigenvalue weighted by atomic mass is 9.50. The summed E-state index contributed by atoms with van der Waals surface area (Å²) >= 11 is 0. The summed E-state index contributed by atoms with van der Waals surface area (Å²) in [6, 6.07) is 0. The second kappa shape index (κ2) is 6.38. The van der Waals surface area contributed by atoms with Crippen molar-refractivity contribution < 1.29 is 14.3 Å². The number of esters is 1. The molecule has 1 atom stereocenters.